The van der Waals surface area contributed by atoms with E-state index in [4.69, 9.17) is 5.11 Å². The van der Waals surface area contributed by atoms with Crippen molar-refractivity contribution in [2.24, 2.45) is 0 Å². The molecule has 0 atom stereocenters. The van der Waals surface area contributed by atoms with E-state index in [0.717, 1.165) is 23.8 Å². The van der Waals surface area contributed by atoms with Crippen LogP contribution < -0.4 is 0 Å². The molecule has 27 heavy (non-hydrogen) atoms. The Kier molecular flexibility index (Phi) is 4.52. The molecule has 4 rings (SSSR count). The highest BCUT2D eigenvalue weighted by atomic mass is 32.2. The smallest absolute Gasteiger partial charge is 0.335 e. The SMILES string of the molecule is O=C(O)c1ccc(S(=O)(=O)n2cc(C3CCCCC3)c3ccccc32)cc1. The number of para-hydroxylation sites is 1. The van der Waals surface area contributed by atoms with Gasteiger partial charge < -0.3 is 5.11 Å². The largest absolute Gasteiger partial charge is 0.478 e. The van der Waals surface area contributed by atoms with Gasteiger partial charge in [0.15, 0.2) is 0 Å². The molecule has 0 spiro atoms. The summed E-state index contributed by atoms with van der Waals surface area (Å²) in [7, 11) is -3.80. The van der Waals surface area contributed by atoms with E-state index in [0.29, 0.717) is 11.4 Å². The lowest BCUT2D eigenvalue weighted by atomic mass is 9.84. The van der Waals surface area contributed by atoms with Crippen LogP contribution in [0.15, 0.2) is 59.6 Å². The summed E-state index contributed by atoms with van der Waals surface area (Å²) in [6.45, 7) is 0. The summed E-state index contributed by atoms with van der Waals surface area (Å²) in [4.78, 5) is 11.1. The molecule has 0 bridgehead atoms. The Hall–Kier alpha value is -2.60. The number of fused-ring (bicyclic) bond motifs is 1. The normalized spacial score (nSPS) is 15.9. The highest BCUT2D eigenvalue weighted by Gasteiger charge is 2.25. The van der Waals surface area contributed by atoms with Crippen molar-refractivity contribution in [2.75, 3.05) is 0 Å². The van der Waals surface area contributed by atoms with Gasteiger partial charge in [0, 0.05) is 11.6 Å². The molecule has 0 radical (unpaired) electrons. The van der Waals surface area contributed by atoms with E-state index in [9.17, 15) is 13.2 Å². The van der Waals surface area contributed by atoms with E-state index in [2.05, 4.69) is 0 Å². The standard InChI is InChI=1S/C21H21NO4S/c23-21(24)16-10-12-17(13-11-16)27(25,26)22-14-19(15-6-2-1-3-7-15)18-8-4-5-9-20(18)22/h4-5,8-15H,1-3,6-7H2,(H,23,24). The minimum absolute atomic E-state index is 0.0641. The van der Waals surface area contributed by atoms with Crippen LogP contribution in [-0.4, -0.2) is 23.5 Å². The maximum Gasteiger partial charge on any atom is 0.335 e. The second kappa shape index (κ2) is 6.85. The van der Waals surface area contributed by atoms with E-state index in [1.54, 1.807) is 6.20 Å². The molecular formula is C21H21NO4S. The average molecular weight is 383 g/mol. The van der Waals surface area contributed by atoms with Gasteiger partial charge in [-0.2, -0.15) is 0 Å². The van der Waals surface area contributed by atoms with Gasteiger partial charge in [0.2, 0.25) is 0 Å². The van der Waals surface area contributed by atoms with Crippen LogP contribution in [0, 0.1) is 0 Å². The lowest BCUT2D eigenvalue weighted by molar-refractivity contribution is 0.0696. The van der Waals surface area contributed by atoms with Crippen molar-refractivity contribution in [3.63, 3.8) is 0 Å². The third-order valence-electron chi connectivity index (χ3n) is 5.41. The molecule has 0 aliphatic heterocycles. The van der Waals surface area contributed by atoms with Crippen LogP contribution in [0.2, 0.25) is 0 Å². The number of aromatic nitrogens is 1. The van der Waals surface area contributed by atoms with E-state index in [1.807, 2.05) is 24.3 Å². The Morgan fingerprint density at radius 1 is 0.963 bits per heavy atom. The van der Waals surface area contributed by atoms with Gasteiger partial charge >= 0.3 is 5.97 Å². The Bertz CT molecular complexity index is 1090. The molecule has 1 heterocycles. The van der Waals surface area contributed by atoms with Crippen molar-refractivity contribution in [2.45, 2.75) is 42.9 Å². The summed E-state index contributed by atoms with van der Waals surface area (Å²) in [5.41, 5.74) is 1.82. The third-order valence-corrected chi connectivity index (χ3v) is 7.10. The average Bonchev–Trinajstić information content (AvgIpc) is 3.09. The summed E-state index contributed by atoms with van der Waals surface area (Å²) in [5, 5.41) is 10.0. The van der Waals surface area contributed by atoms with Crippen molar-refractivity contribution >= 4 is 26.9 Å². The Labute approximate surface area is 158 Å². The Morgan fingerprint density at radius 3 is 2.30 bits per heavy atom. The predicted octanol–water partition coefficient (Wildman–Crippen LogP) is 4.62. The fourth-order valence-electron chi connectivity index (χ4n) is 4.00. The fraction of sp³-hybridized carbons (Fsp3) is 0.286. The van der Waals surface area contributed by atoms with Gasteiger partial charge in [-0.3, -0.25) is 0 Å². The molecule has 5 nitrogen and oxygen atoms in total. The third kappa shape index (κ3) is 3.14. The Balaban J connectivity index is 1.84. The number of nitrogens with zero attached hydrogens (tertiary/aromatic N) is 1. The van der Waals surface area contributed by atoms with Crippen molar-refractivity contribution < 1.29 is 18.3 Å². The minimum atomic E-state index is -3.80. The van der Waals surface area contributed by atoms with Gasteiger partial charge in [-0.05, 0) is 54.7 Å². The molecular weight excluding hydrogens is 362 g/mol. The first kappa shape index (κ1) is 17.8. The summed E-state index contributed by atoms with van der Waals surface area (Å²) >= 11 is 0. The first-order valence-corrected chi connectivity index (χ1v) is 10.6. The van der Waals surface area contributed by atoms with E-state index >= 15 is 0 Å². The molecule has 2 aromatic carbocycles. The van der Waals surface area contributed by atoms with Crippen LogP contribution in [0.1, 0.15) is 53.9 Å². The van der Waals surface area contributed by atoms with Crippen molar-refractivity contribution in [1.82, 2.24) is 3.97 Å². The van der Waals surface area contributed by atoms with Crippen LogP contribution in [0.5, 0.6) is 0 Å². The minimum Gasteiger partial charge on any atom is -0.478 e. The second-order valence-electron chi connectivity index (χ2n) is 7.07. The lowest BCUT2D eigenvalue weighted by Gasteiger charge is -2.21. The first-order chi connectivity index (χ1) is 13.0. The van der Waals surface area contributed by atoms with Gasteiger partial charge in [0.05, 0.1) is 16.0 Å². The number of carboxylic acids is 1. The molecule has 1 saturated carbocycles. The molecule has 1 aliphatic rings. The summed E-state index contributed by atoms with van der Waals surface area (Å²) in [5.74, 6) is -0.695. The van der Waals surface area contributed by atoms with Crippen LogP contribution >= 0.6 is 0 Å². The lowest BCUT2D eigenvalue weighted by Crippen LogP contribution is -2.12. The molecule has 0 unspecified atom stereocenters. The molecule has 1 fully saturated rings. The molecule has 1 aliphatic carbocycles. The van der Waals surface area contributed by atoms with Crippen molar-refractivity contribution in [1.29, 1.82) is 0 Å². The quantitative estimate of drug-likeness (QED) is 0.713. The summed E-state index contributed by atoms with van der Waals surface area (Å²) in [6, 6.07) is 12.9. The Morgan fingerprint density at radius 2 is 1.63 bits per heavy atom. The molecule has 0 saturated heterocycles. The van der Waals surface area contributed by atoms with Gasteiger partial charge in [-0.1, -0.05) is 37.5 Å². The maximum absolute atomic E-state index is 13.2. The number of rotatable bonds is 4. The summed E-state index contributed by atoms with van der Waals surface area (Å²) < 4.78 is 27.8. The predicted molar refractivity (Wildman–Crippen MR) is 104 cm³/mol. The van der Waals surface area contributed by atoms with Gasteiger partial charge in [0.25, 0.3) is 10.0 Å². The van der Waals surface area contributed by atoms with Crippen LogP contribution in [0.3, 0.4) is 0 Å². The molecule has 6 heteroatoms. The van der Waals surface area contributed by atoms with Crippen molar-refractivity contribution in [3.8, 4) is 0 Å². The zero-order chi connectivity index (χ0) is 19.0. The van der Waals surface area contributed by atoms with Crippen LogP contribution in [-0.2, 0) is 10.0 Å². The molecule has 1 aromatic heterocycles. The zero-order valence-corrected chi connectivity index (χ0v) is 15.7. The van der Waals surface area contributed by atoms with Crippen LogP contribution in [0.25, 0.3) is 10.9 Å². The topological polar surface area (TPSA) is 76.4 Å². The molecule has 140 valence electrons. The highest BCUT2D eigenvalue weighted by molar-refractivity contribution is 7.90. The van der Waals surface area contributed by atoms with Gasteiger partial charge in [-0.25, -0.2) is 17.2 Å². The molecule has 0 amide bonds. The number of carbonyl (C=O) groups is 1. The highest BCUT2D eigenvalue weighted by Crippen LogP contribution is 2.38. The number of aromatic carboxylic acids is 1. The van der Waals surface area contributed by atoms with Gasteiger partial charge in [0.1, 0.15) is 0 Å². The van der Waals surface area contributed by atoms with E-state index in [1.165, 1.54) is 47.5 Å². The first-order valence-electron chi connectivity index (χ1n) is 9.17. The van der Waals surface area contributed by atoms with Crippen LogP contribution in [0.4, 0.5) is 0 Å². The van der Waals surface area contributed by atoms with Gasteiger partial charge in [-0.15, -0.1) is 0 Å². The molecule has 1 N–H and O–H groups in total. The number of hydrogen-bond donors (Lipinski definition) is 1. The number of benzene rings is 2. The fourth-order valence-corrected chi connectivity index (χ4v) is 5.37. The number of carboxylic acid groups (broad SMARTS) is 1. The zero-order valence-electron chi connectivity index (χ0n) is 14.8. The van der Waals surface area contributed by atoms with E-state index in [-0.39, 0.29) is 10.5 Å². The molecule has 3 aromatic rings. The maximum atomic E-state index is 13.2. The summed E-state index contributed by atoms with van der Waals surface area (Å²) in [6.07, 6.45) is 7.52. The number of hydrogen-bond acceptors (Lipinski definition) is 3. The van der Waals surface area contributed by atoms with E-state index < -0.39 is 16.0 Å². The second-order valence-corrected chi connectivity index (χ2v) is 8.88. The monoisotopic (exact) mass is 383 g/mol. The van der Waals surface area contributed by atoms with Crippen molar-refractivity contribution in [3.05, 3.63) is 65.9 Å².